The third kappa shape index (κ3) is 3.95. The van der Waals surface area contributed by atoms with Crippen LogP contribution in [-0.4, -0.2) is 33.1 Å². The molecule has 2 heterocycles. The average Bonchev–Trinajstić information content (AvgIpc) is 3.39. The van der Waals surface area contributed by atoms with Crippen LogP contribution in [0.4, 0.5) is 4.39 Å². The van der Waals surface area contributed by atoms with Crippen LogP contribution in [0, 0.1) is 0 Å². The molecule has 7 heteroatoms. The van der Waals surface area contributed by atoms with E-state index in [0.29, 0.717) is 18.8 Å². The van der Waals surface area contributed by atoms with Crippen LogP contribution in [0.5, 0.6) is 0 Å². The predicted octanol–water partition coefficient (Wildman–Crippen LogP) is 2.94. The van der Waals surface area contributed by atoms with Crippen molar-refractivity contribution in [2.75, 3.05) is 6.67 Å². The third-order valence-electron chi connectivity index (χ3n) is 4.63. The SMILES string of the molecule is OC1(CF)CC(c2cccc(CNCc3ccccc3-n3cccn3)c2)=NO1. The number of oxime groups is 1. The second-order valence-electron chi connectivity index (χ2n) is 6.77. The number of hydrogen-bond donors (Lipinski definition) is 2. The van der Waals surface area contributed by atoms with Crippen LogP contribution in [0.3, 0.4) is 0 Å². The number of aliphatic hydroxyl groups is 1. The maximum atomic E-state index is 12.8. The minimum atomic E-state index is -1.83. The van der Waals surface area contributed by atoms with Gasteiger partial charge in [0.05, 0.1) is 17.8 Å². The first-order valence-electron chi connectivity index (χ1n) is 9.08. The fourth-order valence-corrected chi connectivity index (χ4v) is 3.19. The van der Waals surface area contributed by atoms with Crippen LogP contribution >= 0.6 is 0 Å². The van der Waals surface area contributed by atoms with Crippen molar-refractivity contribution in [3.8, 4) is 5.69 Å². The van der Waals surface area contributed by atoms with Gasteiger partial charge < -0.3 is 15.3 Å². The molecule has 2 aromatic carbocycles. The van der Waals surface area contributed by atoms with E-state index >= 15 is 0 Å². The molecule has 2 N–H and O–H groups in total. The Labute approximate surface area is 162 Å². The lowest BCUT2D eigenvalue weighted by Gasteiger charge is -2.14. The topological polar surface area (TPSA) is 71.7 Å². The molecule has 0 aliphatic carbocycles. The first-order valence-corrected chi connectivity index (χ1v) is 9.08. The molecule has 1 aliphatic rings. The molecule has 0 saturated heterocycles. The van der Waals surface area contributed by atoms with Gasteiger partial charge in [0.15, 0.2) is 6.67 Å². The van der Waals surface area contributed by atoms with Gasteiger partial charge in [0.2, 0.25) is 0 Å². The minimum Gasteiger partial charge on any atom is -0.357 e. The summed E-state index contributed by atoms with van der Waals surface area (Å²) < 4.78 is 14.7. The average molecular weight is 380 g/mol. The predicted molar refractivity (Wildman–Crippen MR) is 104 cm³/mol. The van der Waals surface area contributed by atoms with Crippen molar-refractivity contribution < 1.29 is 14.3 Å². The number of nitrogens with one attached hydrogen (secondary N) is 1. The molecule has 3 aromatic rings. The molecule has 0 spiro atoms. The van der Waals surface area contributed by atoms with Crippen molar-refractivity contribution >= 4 is 5.71 Å². The molecule has 1 aliphatic heterocycles. The van der Waals surface area contributed by atoms with E-state index in [4.69, 9.17) is 4.84 Å². The molecule has 1 atom stereocenters. The number of rotatable bonds is 7. The van der Waals surface area contributed by atoms with Gasteiger partial charge in [-0.1, -0.05) is 41.6 Å². The maximum Gasteiger partial charge on any atom is 0.268 e. The summed E-state index contributed by atoms with van der Waals surface area (Å²) in [4.78, 5) is 4.83. The Morgan fingerprint density at radius 1 is 1.14 bits per heavy atom. The molecular formula is C21H21FN4O2. The highest BCUT2D eigenvalue weighted by Gasteiger charge is 2.37. The highest BCUT2D eigenvalue weighted by atomic mass is 19.1. The fraction of sp³-hybridized carbons (Fsp3) is 0.238. The lowest BCUT2D eigenvalue weighted by molar-refractivity contribution is -0.193. The van der Waals surface area contributed by atoms with Crippen LogP contribution in [0.25, 0.3) is 5.69 Å². The zero-order valence-corrected chi connectivity index (χ0v) is 15.3. The van der Waals surface area contributed by atoms with Crippen molar-refractivity contribution in [3.63, 3.8) is 0 Å². The fourth-order valence-electron chi connectivity index (χ4n) is 3.19. The Morgan fingerprint density at radius 2 is 2.04 bits per heavy atom. The van der Waals surface area contributed by atoms with Crippen LogP contribution in [0.1, 0.15) is 23.1 Å². The summed E-state index contributed by atoms with van der Waals surface area (Å²) in [5.41, 5.74) is 4.61. The second kappa shape index (κ2) is 7.92. The van der Waals surface area contributed by atoms with Gasteiger partial charge >= 0.3 is 0 Å². The quantitative estimate of drug-likeness (QED) is 0.661. The zero-order chi connectivity index (χ0) is 19.4. The number of hydrogen-bond acceptors (Lipinski definition) is 5. The molecule has 0 saturated carbocycles. The first kappa shape index (κ1) is 18.3. The van der Waals surface area contributed by atoms with Crippen LogP contribution in [0.2, 0.25) is 0 Å². The van der Waals surface area contributed by atoms with E-state index in [0.717, 1.165) is 22.4 Å². The second-order valence-corrected chi connectivity index (χ2v) is 6.77. The summed E-state index contributed by atoms with van der Waals surface area (Å²) in [5.74, 6) is -1.83. The van der Waals surface area contributed by atoms with Gasteiger partial charge in [-0.15, -0.1) is 0 Å². The van der Waals surface area contributed by atoms with Gasteiger partial charge in [0.25, 0.3) is 5.79 Å². The van der Waals surface area contributed by atoms with E-state index in [1.807, 2.05) is 59.4 Å². The normalized spacial score (nSPS) is 18.7. The summed E-state index contributed by atoms with van der Waals surface area (Å²) in [6, 6.07) is 17.8. The van der Waals surface area contributed by atoms with E-state index in [1.165, 1.54) is 0 Å². The Balaban J connectivity index is 1.41. The van der Waals surface area contributed by atoms with Crippen LogP contribution in [0.15, 0.2) is 72.1 Å². The first-order chi connectivity index (χ1) is 13.7. The van der Waals surface area contributed by atoms with Gasteiger partial charge in [-0.25, -0.2) is 9.07 Å². The molecule has 0 fully saturated rings. The Hall–Kier alpha value is -3.03. The number of nitrogens with zero attached hydrogens (tertiary/aromatic N) is 3. The number of benzene rings is 2. The molecule has 0 amide bonds. The van der Waals surface area contributed by atoms with E-state index in [9.17, 15) is 9.50 Å². The van der Waals surface area contributed by atoms with Crippen LogP contribution < -0.4 is 5.32 Å². The highest BCUT2D eigenvalue weighted by molar-refractivity contribution is 6.01. The minimum absolute atomic E-state index is 0.0393. The monoisotopic (exact) mass is 380 g/mol. The molecule has 6 nitrogen and oxygen atoms in total. The molecule has 4 rings (SSSR count). The van der Waals surface area contributed by atoms with Crippen molar-refractivity contribution in [2.45, 2.75) is 25.3 Å². The van der Waals surface area contributed by atoms with Gasteiger partial charge in [-0.3, -0.25) is 0 Å². The molecular weight excluding hydrogens is 359 g/mol. The number of aromatic nitrogens is 2. The smallest absolute Gasteiger partial charge is 0.268 e. The molecule has 0 radical (unpaired) electrons. The maximum absolute atomic E-state index is 12.8. The molecule has 28 heavy (non-hydrogen) atoms. The van der Waals surface area contributed by atoms with Crippen molar-refractivity contribution in [1.29, 1.82) is 0 Å². The summed E-state index contributed by atoms with van der Waals surface area (Å²) in [5, 5.41) is 21.4. The molecule has 144 valence electrons. The molecule has 1 unspecified atom stereocenters. The van der Waals surface area contributed by atoms with Gasteiger partial charge in [-0.2, -0.15) is 5.10 Å². The van der Waals surface area contributed by atoms with E-state index in [2.05, 4.69) is 21.6 Å². The molecule has 1 aromatic heterocycles. The van der Waals surface area contributed by atoms with Gasteiger partial charge in [-0.05, 0) is 34.9 Å². The van der Waals surface area contributed by atoms with Crippen molar-refractivity contribution in [2.24, 2.45) is 5.16 Å². The van der Waals surface area contributed by atoms with E-state index < -0.39 is 12.5 Å². The van der Waals surface area contributed by atoms with E-state index in [-0.39, 0.29) is 6.42 Å². The number of para-hydroxylation sites is 1. The Bertz CT molecular complexity index is 974. The lowest BCUT2D eigenvalue weighted by atomic mass is 10.0. The van der Waals surface area contributed by atoms with Crippen molar-refractivity contribution in [3.05, 3.63) is 83.7 Å². The van der Waals surface area contributed by atoms with Crippen LogP contribution in [-0.2, 0) is 17.9 Å². The zero-order valence-electron chi connectivity index (χ0n) is 15.3. The Morgan fingerprint density at radius 3 is 2.82 bits per heavy atom. The Kier molecular flexibility index (Phi) is 5.18. The molecule has 0 bridgehead atoms. The largest absolute Gasteiger partial charge is 0.357 e. The standard InChI is InChI=1S/C21H21FN4O2/c22-15-21(27)12-19(25-28-21)17-7-3-5-16(11-17)13-23-14-18-6-1-2-8-20(18)26-10-4-9-24-26/h1-11,23,27H,12-15H2. The summed E-state index contributed by atoms with van der Waals surface area (Å²) in [6.07, 6.45) is 3.72. The van der Waals surface area contributed by atoms with E-state index in [1.54, 1.807) is 6.20 Å². The summed E-state index contributed by atoms with van der Waals surface area (Å²) >= 11 is 0. The summed E-state index contributed by atoms with van der Waals surface area (Å²) in [7, 11) is 0. The van der Waals surface area contributed by atoms with Gasteiger partial charge in [0.1, 0.15) is 0 Å². The summed E-state index contributed by atoms with van der Waals surface area (Å²) in [6.45, 7) is 0.353. The highest BCUT2D eigenvalue weighted by Crippen LogP contribution is 2.25. The van der Waals surface area contributed by atoms with Gasteiger partial charge in [0, 0.05) is 25.5 Å². The number of halogens is 1. The third-order valence-corrected chi connectivity index (χ3v) is 4.63. The number of alkyl halides is 1. The van der Waals surface area contributed by atoms with Crippen molar-refractivity contribution in [1.82, 2.24) is 15.1 Å². The lowest BCUT2D eigenvalue weighted by Crippen LogP contribution is -2.31.